The lowest BCUT2D eigenvalue weighted by atomic mass is 10.1. The molecule has 1 amide bonds. The number of nitrogens with zero attached hydrogens (tertiary/aromatic N) is 2. The molecule has 1 aliphatic rings. The lowest BCUT2D eigenvalue weighted by Gasteiger charge is -2.33. The fourth-order valence-corrected chi connectivity index (χ4v) is 3.23. The van der Waals surface area contributed by atoms with Gasteiger partial charge in [0.05, 0.1) is 20.2 Å². The summed E-state index contributed by atoms with van der Waals surface area (Å²) in [6, 6.07) is 17.1. The Kier molecular flexibility index (Phi) is 7.17. The van der Waals surface area contributed by atoms with Crippen LogP contribution in [0.3, 0.4) is 0 Å². The quantitative estimate of drug-likeness (QED) is 0.707. The number of ether oxygens (including phenoxy) is 1. The van der Waals surface area contributed by atoms with Gasteiger partial charge in [-0.2, -0.15) is 0 Å². The molecule has 2 aromatic rings. The summed E-state index contributed by atoms with van der Waals surface area (Å²) in [6.07, 6.45) is 0. The van der Waals surface area contributed by atoms with Gasteiger partial charge in [-0.15, -0.1) is 0 Å². The number of benzene rings is 2. The van der Waals surface area contributed by atoms with Crippen LogP contribution >= 0.6 is 0 Å². The van der Waals surface area contributed by atoms with Crippen LogP contribution in [0, 0.1) is 0 Å². The molecule has 2 aromatic carbocycles. The minimum atomic E-state index is 0.0182. The molecule has 1 heterocycles. The molecule has 0 atom stereocenters. The number of carbonyl (C=O) groups is 2. The van der Waals surface area contributed by atoms with Crippen molar-refractivity contribution in [2.24, 2.45) is 0 Å². The third kappa shape index (κ3) is 5.90. The molecule has 1 fully saturated rings. The first-order valence-corrected chi connectivity index (χ1v) is 9.56. The van der Waals surface area contributed by atoms with Gasteiger partial charge in [0, 0.05) is 38.3 Å². The van der Waals surface area contributed by atoms with E-state index in [0.29, 0.717) is 19.6 Å². The second kappa shape index (κ2) is 10.0. The molecule has 0 aliphatic carbocycles. The van der Waals surface area contributed by atoms with E-state index < -0.39 is 0 Å². The Morgan fingerprint density at radius 3 is 2.11 bits per heavy atom. The predicted molar refractivity (Wildman–Crippen MR) is 108 cm³/mol. The van der Waals surface area contributed by atoms with Crippen LogP contribution in [-0.4, -0.2) is 67.9 Å². The van der Waals surface area contributed by atoms with Crippen LogP contribution in [0.15, 0.2) is 54.6 Å². The highest BCUT2D eigenvalue weighted by Gasteiger charge is 2.20. The molecular formula is C22H27N3O3. The zero-order valence-electron chi connectivity index (χ0n) is 16.3. The molecule has 0 radical (unpaired) electrons. The van der Waals surface area contributed by atoms with Crippen LogP contribution in [0.5, 0.6) is 5.75 Å². The van der Waals surface area contributed by atoms with Crippen molar-refractivity contribution < 1.29 is 14.3 Å². The van der Waals surface area contributed by atoms with E-state index in [1.807, 2.05) is 54.6 Å². The second-order valence-corrected chi connectivity index (χ2v) is 6.97. The number of rotatable bonds is 8. The Bertz CT molecular complexity index is 769. The number of nitrogens with one attached hydrogen (secondary N) is 1. The molecule has 0 unspecified atom stereocenters. The first-order valence-electron chi connectivity index (χ1n) is 9.56. The van der Waals surface area contributed by atoms with E-state index in [9.17, 15) is 9.59 Å². The number of Topliss-reactive ketones (excluding diaryl/α,β-unsaturated/α-hetero) is 1. The van der Waals surface area contributed by atoms with E-state index in [1.165, 1.54) is 0 Å². The lowest BCUT2D eigenvalue weighted by molar-refractivity contribution is -0.122. The SMILES string of the molecule is COc1ccc(CNC(=O)CN2CCN(CC(=O)c3ccccc3)CC2)cc1. The molecule has 28 heavy (non-hydrogen) atoms. The number of amides is 1. The summed E-state index contributed by atoms with van der Waals surface area (Å²) >= 11 is 0. The molecule has 1 N–H and O–H groups in total. The highest BCUT2D eigenvalue weighted by molar-refractivity contribution is 5.97. The molecule has 3 rings (SSSR count). The predicted octanol–water partition coefficient (Wildman–Crippen LogP) is 1.81. The number of piperazine rings is 1. The van der Waals surface area contributed by atoms with Gasteiger partial charge in [-0.25, -0.2) is 0 Å². The third-order valence-corrected chi connectivity index (χ3v) is 4.94. The second-order valence-electron chi connectivity index (χ2n) is 6.97. The Morgan fingerprint density at radius 2 is 1.50 bits per heavy atom. The van der Waals surface area contributed by atoms with Crippen molar-refractivity contribution in [1.29, 1.82) is 0 Å². The lowest BCUT2D eigenvalue weighted by Crippen LogP contribution is -2.50. The van der Waals surface area contributed by atoms with Crippen molar-refractivity contribution >= 4 is 11.7 Å². The fourth-order valence-electron chi connectivity index (χ4n) is 3.23. The van der Waals surface area contributed by atoms with Gasteiger partial charge in [0.25, 0.3) is 0 Å². The third-order valence-electron chi connectivity index (χ3n) is 4.94. The Hall–Kier alpha value is -2.70. The summed E-state index contributed by atoms with van der Waals surface area (Å²) < 4.78 is 5.13. The Balaban J connectivity index is 1.36. The number of methoxy groups -OCH3 is 1. The van der Waals surface area contributed by atoms with E-state index in [4.69, 9.17) is 4.74 Å². The molecule has 0 saturated carbocycles. The highest BCUT2D eigenvalue weighted by atomic mass is 16.5. The van der Waals surface area contributed by atoms with Crippen molar-refractivity contribution in [3.8, 4) is 5.75 Å². The molecule has 0 spiro atoms. The number of carbonyl (C=O) groups excluding carboxylic acids is 2. The number of hydrogen-bond donors (Lipinski definition) is 1. The first kappa shape index (κ1) is 20.0. The monoisotopic (exact) mass is 381 g/mol. The van der Waals surface area contributed by atoms with Crippen molar-refractivity contribution in [3.05, 3.63) is 65.7 Å². The fraction of sp³-hybridized carbons (Fsp3) is 0.364. The van der Waals surface area contributed by atoms with Gasteiger partial charge < -0.3 is 10.1 Å². The van der Waals surface area contributed by atoms with Gasteiger partial charge in [-0.05, 0) is 17.7 Å². The van der Waals surface area contributed by atoms with Crippen LogP contribution < -0.4 is 10.1 Å². The molecule has 148 valence electrons. The maximum absolute atomic E-state index is 12.3. The van der Waals surface area contributed by atoms with Crippen LogP contribution in [0.1, 0.15) is 15.9 Å². The zero-order chi connectivity index (χ0) is 19.8. The summed E-state index contributed by atoms with van der Waals surface area (Å²) in [6.45, 7) is 4.50. The zero-order valence-corrected chi connectivity index (χ0v) is 16.3. The van der Waals surface area contributed by atoms with Crippen LogP contribution in [0.4, 0.5) is 0 Å². The minimum absolute atomic E-state index is 0.0182. The summed E-state index contributed by atoms with van der Waals surface area (Å²) in [5, 5.41) is 2.96. The molecular weight excluding hydrogens is 354 g/mol. The Morgan fingerprint density at radius 1 is 0.893 bits per heavy atom. The smallest absolute Gasteiger partial charge is 0.234 e. The molecule has 6 nitrogen and oxygen atoms in total. The molecule has 6 heteroatoms. The van der Waals surface area contributed by atoms with Crippen molar-refractivity contribution in [2.75, 3.05) is 46.4 Å². The normalized spacial score (nSPS) is 15.2. The summed E-state index contributed by atoms with van der Waals surface area (Å²) in [7, 11) is 1.63. The van der Waals surface area contributed by atoms with E-state index in [1.54, 1.807) is 7.11 Å². The maximum Gasteiger partial charge on any atom is 0.234 e. The standard InChI is InChI=1S/C22H27N3O3/c1-28-20-9-7-18(8-10-20)15-23-22(27)17-25-13-11-24(12-14-25)16-21(26)19-5-3-2-4-6-19/h2-10H,11-17H2,1H3,(H,23,27). The average Bonchev–Trinajstić information content (AvgIpc) is 2.74. The minimum Gasteiger partial charge on any atom is -0.497 e. The van der Waals surface area contributed by atoms with Gasteiger partial charge in [0.1, 0.15) is 5.75 Å². The maximum atomic E-state index is 12.3. The van der Waals surface area contributed by atoms with E-state index in [2.05, 4.69) is 15.1 Å². The van der Waals surface area contributed by atoms with Gasteiger partial charge in [0.15, 0.2) is 5.78 Å². The topological polar surface area (TPSA) is 61.9 Å². The Labute approximate surface area is 166 Å². The van der Waals surface area contributed by atoms with Gasteiger partial charge in [0.2, 0.25) is 5.91 Å². The number of hydrogen-bond acceptors (Lipinski definition) is 5. The van der Waals surface area contributed by atoms with Crippen molar-refractivity contribution in [1.82, 2.24) is 15.1 Å². The van der Waals surface area contributed by atoms with Crippen LogP contribution in [0.25, 0.3) is 0 Å². The first-order chi connectivity index (χ1) is 13.6. The van der Waals surface area contributed by atoms with Crippen molar-refractivity contribution in [2.45, 2.75) is 6.54 Å². The van der Waals surface area contributed by atoms with E-state index in [0.717, 1.165) is 43.1 Å². The van der Waals surface area contributed by atoms with E-state index >= 15 is 0 Å². The molecule has 1 aliphatic heterocycles. The average molecular weight is 381 g/mol. The summed E-state index contributed by atoms with van der Waals surface area (Å²) in [5.41, 5.74) is 1.79. The summed E-state index contributed by atoms with van der Waals surface area (Å²) in [5.74, 6) is 0.967. The van der Waals surface area contributed by atoms with Gasteiger partial charge in [-0.3, -0.25) is 19.4 Å². The van der Waals surface area contributed by atoms with E-state index in [-0.39, 0.29) is 11.7 Å². The van der Waals surface area contributed by atoms with Crippen LogP contribution in [0.2, 0.25) is 0 Å². The molecule has 1 saturated heterocycles. The molecule has 0 bridgehead atoms. The highest BCUT2D eigenvalue weighted by Crippen LogP contribution is 2.11. The van der Waals surface area contributed by atoms with Crippen molar-refractivity contribution in [3.63, 3.8) is 0 Å². The van der Waals surface area contributed by atoms with Gasteiger partial charge >= 0.3 is 0 Å². The largest absolute Gasteiger partial charge is 0.497 e. The summed E-state index contributed by atoms with van der Waals surface area (Å²) in [4.78, 5) is 28.8. The molecule has 0 aromatic heterocycles. The van der Waals surface area contributed by atoms with Gasteiger partial charge in [-0.1, -0.05) is 42.5 Å². The van der Waals surface area contributed by atoms with Crippen LogP contribution in [-0.2, 0) is 11.3 Å². The number of ketones is 1.